The van der Waals surface area contributed by atoms with E-state index in [0.29, 0.717) is 23.6 Å². The molecule has 1 aromatic carbocycles. The Morgan fingerprint density at radius 3 is 2.91 bits per heavy atom. The van der Waals surface area contributed by atoms with Crippen molar-refractivity contribution in [3.63, 3.8) is 0 Å². The van der Waals surface area contributed by atoms with Gasteiger partial charge in [-0.2, -0.15) is 0 Å². The van der Waals surface area contributed by atoms with Crippen LogP contribution in [0.3, 0.4) is 0 Å². The molecule has 3 aromatic rings. The second-order valence-corrected chi connectivity index (χ2v) is 5.73. The zero-order valence-electron chi connectivity index (χ0n) is 11.6. The van der Waals surface area contributed by atoms with Gasteiger partial charge in [-0.05, 0) is 23.6 Å². The van der Waals surface area contributed by atoms with Gasteiger partial charge in [0, 0.05) is 10.9 Å². The Labute approximate surface area is 130 Å². The van der Waals surface area contributed by atoms with Crippen LogP contribution in [-0.4, -0.2) is 11.1 Å². The summed E-state index contributed by atoms with van der Waals surface area (Å²) >= 11 is 1.58. The van der Waals surface area contributed by atoms with E-state index >= 15 is 0 Å². The van der Waals surface area contributed by atoms with Gasteiger partial charge in [-0.1, -0.05) is 23.4 Å². The fourth-order valence-electron chi connectivity index (χ4n) is 2.01. The first-order valence-corrected chi connectivity index (χ1v) is 7.60. The number of carbonyl (C=O) groups is 1. The van der Waals surface area contributed by atoms with E-state index in [-0.39, 0.29) is 18.1 Å². The molecule has 4 nitrogen and oxygen atoms in total. The Morgan fingerprint density at radius 1 is 1.27 bits per heavy atom. The lowest BCUT2D eigenvalue weighted by molar-refractivity contribution is -0.120. The van der Waals surface area contributed by atoms with Crippen LogP contribution in [0, 0.1) is 5.82 Å². The van der Waals surface area contributed by atoms with Crippen LogP contribution in [0.2, 0.25) is 0 Å². The number of halogens is 1. The van der Waals surface area contributed by atoms with Gasteiger partial charge in [-0.25, -0.2) is 4.39 Å². The van der Waals surface area contributed by atoms with E-state index in [9.17, 15) is 9.18 Å². The van der Waals surface area contributed by atoms with E-state index < -0.39 is 0 Å². The van der Waals surface area contributed by atoms with E-state index in [1.54, 1.807) is 35.6 Å². The number of benzene rings is 1. The van der Waals surface area contributed by atoms with Crippen molar-refractivity contribution < 1.29 is 13.7 Å². The van der Waals surface area contributed by atoms with Crippen molar-refractivity contribution in [2.45, 2.75) is 13.0 Å². The largest absolute Gasteiger partial charge is 0.356 e. The zero-order chi connectivity index (χ0) is 15.4. The van der Waals surface area contributed by atoms with Gasteiger partial charge in [-0.3, -0.25) is 4.79 Å². The molecular weight excluding hydrogens is 303 g/mol. The molecule has 0 unspecified atom stereocenters. The lowest BCUT2D eigenvalue weighted by Crippen LogP contribution is -2.24. The average Bonchev–Trinajstić information content (AvgIpc) is 3.17. The number of aromatic nitrogens is 1. The first kappa shape index (κ1) is 14.5. The van der Waals surface area contributed by atoms with Crippen molar-refractivity contribution in [2.75, 3.05) is 0 Å². The van der Waals surface area contributed by atoms with Gasteiger partial charge < -0.3 is 9.84 Å². The molecule has 2 heterocycles. The second kappa shape index (κ2) is 6.53. The smallest absolute Gasteiger partial charge is 0.226 e. The summed E-state index contributed by atoms with van der Waals surface area (Å²) in [6.45, 7) is 0.495. The van der Waals surface area contributed by atoms with Gasteiger partial charge in [0.25, 0.3) is 0 Å². The summed E-state index contributed by atoms with van der Waals surface area (Å²) in [6.07, 6.45) is 0.101. The summed E-state index contributed by atoms with van der Waals surface area (Å²) in [6, 6.07) is 11.8. The summed E-state index contributed by atoms with van der Waals surface area (Å²) < 4.78 is 18.8. The maximum atomic E-state index is 13.7. The fraction of sp³-hybridized carbons (Fsp3) is 0.125. The third kappa shape index (κ3) is 3.40. The number of hydrogen-bond acceptors (Lipinski definition) is 4. The molecule has 22 heavy (non-hydrogen) atoms. The first-order chi connectivity index (χ1) is 10.7. The summed E-state index contributed by atoms with van der Waals surface area (Å²) in [4.78, 5) is 12.9. The average molecular weight is 316 g/mol. The minimum Gasteiger partial charge on any atom is -0.356 e. The number of hydrogen-bond donors (Lipinski definition) is 1. The number of nitrogens with one attached hydrogen (secondary N) is 1. The van der Waals surface area contributed by atoms with Crippen LogP contribution < -0.4 is 5.32 Å². The van der Waals surface area contributed by atoms with Crippen molar-refractivity contribution in [3.05, 3.63) is 64.2 Å². The highest BCUT2D eigenvalue weighted by Crippen LogP contribution is 2.23. The van der Waals surface area contributed by atoms with Gasteiger partial charge in [0.15, 0.2) is 5.76 Å². The van der Waals surface area contributed by atoms with E-state index in [1.165, 1.54) is 6.07 Å². The molecule has 112 valence electrons. The first-order valence-electron chi connectivity index (χ1n) is 6.72. The number of rotatable bonds is 5. The third-order valence-corrected chi connectivity index (χ3v) is 3.96. The molecule has 0 aliphatic rings. The van der Waals surface area contributed by atoms with E-state index in [4.69, 9.17) is 4.52 Å². The van der Waals surface area contributed by atoms with Crippen LogP contribution in [0.4, 0.5) is 4.39 Å². The Kier molecular flexibility index (Phi) is 4.29. The molecule has 3 rings (SSSR count). The molecule has 2 aromatic heterocycles. The van der Waals surface area contributed by atoms with Gasteiger partial charge in [0.1, 0.15) is 5.82 Å². The van der Waals surface area contributed by atoms with Crippen molar-refractivity contribution in [3.8, 4) is 11.3 Å². The van der Waals surface area contributed by atoms with E-state index in [2.05, 4.69) is 10.5 Å². The van der Waals surface area contributed by atoms with Crippen molar-refractivity contribution in [1.82, 2.24) is 10.5 Å². The molecule has 0 saturated carbocycles. The summed E-state index contributed by atoms with van der Waals surface area (Å²) in [7, 11) is 0. The lowest BCUT2D eigenvalue weighted by atomic mass is 10.1. The van der Waals surface area contributed by atoms with Crippen molar-refractivity contribution in [1.29, 1.82) is 0 Å². The Hall–Kier alpha value is -2.47. The van der Waals surface area contributed by atoms with Crippen LogP contribution in [0.1, 0.15) is 10.6 Å². The molecule has 0 aliphatic heterocycles. The van der Waals surface area contributed by atoms with Crippen LogP contribution >= 0.6 is 11.3 Å². The van der Waals surface area contributed by atoms with Gasteiger partial charge >= 0.3 is 0 Å². The molecule has 0 fully saturated rings. The minimum atomic E-state index is -0.382. The molecule has 1 amide bonds. The summed E-state index contributed by atoms with van der Waals surface area (Å²) in [5, 5.41) is 8.59. The second-order valence-electron chi connectivity index (χ2n) is 4.70. The summed E-state index contributed by atoms with van der Waals surface area (Å²) in [5.74, 6) is -0.215. The maximum absolute atomic E-state index is 13.7. The molecule has 6 heteroatoms. The van der Waals surface area contributed by atoms with E-state index in [1.807, 2.05) is 17.5 Å². The van der Waals surface area contributed by atoms with Gasteiger partial charge in [-0.15, -0.1) is 11.3 Å². The van der Waals surface area contributed by atoms with Crippen LogP contribution in [0.15, 0.2) is 52.4 Å². The highest BCUT2D eigenvalue weighted by molar-refractivity contribution is 7.09. The number of thiophene rings is 1. The van der Waals surface area contributed by atoms with Crippen LogP contribution in [0.25, 0.3) is 11.3 Å². The number of carbonyl (C=O) groups excluding carboxylic acids is 1. The molecule has 0 saturated heterocycles. The number of amides is 1. The highest BCUT2D eigenvalue weighted by Gasteiger charge is 2.13. The predicted molar refractivity (Wildman–Crippen MR) is 81.8 cm³/mol. The zero-order valence-corrected chi connectivity index (χ0v) is 12.4. The fourth-order valence-corrected chi connectivity index (χ4v) is 2.65. The van der Waals surface area contributed by atoms with Gasteiger partial charge in [0.05, 0.1) is 24.2 Å². The molecule has 0 atom stereocenters. The Morgan fingerprint density at radius 2 is 2.14 bits per heavy atom. The predicted octanol–water partition coefficient (Wildman–Crippen LogP) is 3.40. The third-order valence-electron chi connectivity index (χ3n) is 3.08. The van der Waals surface area contributed by atoms with Crippen molar-refractivity contribution >= 4 is 17.2 Å². The Balaban J connectivity index is 1.62. The van der Waals surface area contributed by atoms with Crippen LogP contribution in [-0.2, 0) is 17.8 Å². The van der Waals surface area contributed by atoms with Crippen molar-refractivity contribution in [2.24, 2.45) is 0 Å². The quantitative estimate of drug-likeness (QED) is 0.785. The summed E-state index contributed by atoms with van der Waals surface area (Å²) in [5.41, 5.74) is 0.808. The van der Waals surface area contributed by atoms with Gasteiger partial charge in [0.2, 0.25) is 5.91 Å². The Bertz CT molecular complexity index is 768. The van der Waals surface area contributed by atoms with E-state index in [0.717, 1.165) is 4.88 Å². The monoisotopic (exact) mass is 316 g/mol. The highest BCUT2D eigenvalue weighted by atomic mass is 32.1. The topological polar surface area (TPSA) is 55.1 Å². The SMILES string of the molecule is O=C(Cc1cc(-c2ccccc2F)on1)NCc1cccs1. The van der Waals surface area contributed by atoms with Crippen LogP contribution in [0.5, 0.6) is 0 Å². The molecule has 0 aliphatic carbocycles. The molecule has 0 spiro atoms. The lowest BCUT2D eigenvalue weighted by Gasteiger charge is -2.00. The standard InChI is InChI=1S/C16H13FN2O2S/c17-14-6-2-1-5-13(14)15-8-11(19-21-15)9-16(20)18-10-12-4-3-7-22-12/h1-8H,9-10H2,(H,18,20). The number of nitrogens with zero attached hydrogens (tertiary/aromatic N) is 1. The normalized spacial score (nSPS) is 10.6. The molecule has 1 N–H and O–H groups in total. The molecule has 0 radical (unpaired) electrons. The maximum Gasteiger partial charge on any atom is 0.226 e. The minimum absolute atomic E-state index is 0.101. The molecular formula is C16H13FN2O2S. The molecule has 0 bridgehead atoms.